The molecule has 226 valence electrons. The summed E-state index contributed by atoms with van der Waals surface area (Å²) in [6, 6.07) is 26.3. The van der Waals surface area contributed by atoms with Gasteiger partial charge in [-0.15, -0.1) is 0 Å². The molecule has 0 bridgehead atoms. The van der Waals surface area contributed by atoms with Gasteiger partial charge in [-0.3, -0.25) is 24.0 Å². The maximum atomic E-state index is 13.9. The van der Waals surface area contributed by atoms with Crippen molar-refractivity contribution in [2.24, 2.45) is 0 Å². The summed E-state index contributed by atoms with van der Waals surface area (Å²) in [7, 11) is 0. The third-order valence-corrected chi connectivity index (χ3v) is 8.98. The summed E-state index contributed by atoms with van der Waals surface area (Å²) in [5.41, 5.74) is 1.94. The van der Waals surface area contributed by atoms with E-state index in [-0.39, 0.29) is 47.6 Å². The molecule has 9 rings (SSSR count). The molecule has 0 saturated heterocycles. The summed E-state index contributed by atoms with van der Waals surface area (Å²) in [6.07, 6.45) is 0. The number of nitrogens with zero attached hydrogens (tertiary/aromatic N) is 2. The molecule has 0 aromatic heterocycles. The average Bonchev–Trinajstić information content (AvgIpc) is 3.10. The molecule has 2 heterocycles. The molecular formula is C37H18N2O8Zn. The number of aromatic hydroxyl groups is 1. The van der Waals surface area contributed by atoms with Crippen LogP contribution in [0.4, 0.5) is 11.4 Å². The van der Waals surface area contributed by atoms with Crippen molar-refractivity contribution in [1.82, 2.24) is 0 Å². The first kappa shape index (κ1) is 29.2. The van der Waals surface area contributed by atoms with Crippen molar-refractivity contribution < 1.29 is 55.6 Å². The monoisotopic (exact) mass is 682 g/mol. The summed E-state index contributed by atoms with van der Waals surface area (Å²) in [6.45, 7) is 0.278. The van der Waals surface area contributed by atoms with Gasteiger partial charge in [0.15, 0.2) is 0 Å². The minimum absolute atomic E-state index is 0.0636. The van der Waals surface area contributed by atoms with Crippen molar-refractivity contribution in [2.75, 3.05) is 9.80 Å². The van der Waals surface area contributed by atoms with Crippen LogP contribution in [0.5, 0.6) is 11.5 Å². The zero-order chi connectivity index (χ0) is 33.4. The van der Waals surface area contributed by atoms with E-state index in [1.54, 1.807) is 54.6 Å². The first-order chi connectivity index (χ1) is 23.4. The Balaban J connectivity index is 0.00000165. The Labute approximate surface area is 280 Å². The Morgan fingerprint density at radius 1 is 0.521 bits per heavy atom. The van der Waals surface area contributed by atoms with Crippen LogP contribution in [-0.2, 0) is 26.6 Å². The number of carbonyl (C=O) groups excluding carboxylic acids is 5. The third kappa shape index (κ3) is 3.85. The normalized spacial score (nSPS) is 13.9. The van der Waals surface area contributed by atoms with E-state index >= 15 is 0 Å². The molecule has 7 aromatic rings. The third-order valence-electron chi connectivity index (χ3n) is 8.98. The molecule has 0 radical (unpaired) electrons. The van der Waals surface area contributed by atoms with E-state index < -0.39 is 23.6 Å². The van der Waals surface area contributed by atoms with Gasteiger partial charge in [0.05, 0.1) is 11.4 Å². The summed E-state index contributed by atoms with van der Waals surface area (Å²) in [5, 5.41) is 15.7. The molecule has 2 aliphatic heterocycles. The number of fused-ring (bicyclic) bond motifs is 2. The summed E-state index contributed by atoms with van der Waals surface area (Å²) in [4.78, 5) is 68.5. The van der Waals surface area contributed by atoms with Gasteiger partial charge in [-0.25, -0.2) is 9.80 Å². The van der Waals surface area contributed by atoms with Gasteiger partial charge in [-0.05, 0) is 80.8 Å². The first-order valence-electron chi connectivity index (χ1n) is 14.6. The predicted molar refractivity (Wildman–Crippen MR) is 172 cm³/mol. The number of rotatable bonds is 4. The Bertz CT molecular complexity index is 2500. The zero-order valence-corrected chi connectivity index (χ0v) is 27.7. The Kier molecular flexibility index (Phi) is 6.51. The number of benzene rings is 7. The van der Waals surface area contributed by atoms with Crippen LogP contribution in [0.3, 0.4) is 0 Å². The molecule has 0 fully saturated rings. The molecule has 11 heteroatoms. The number of amides is 4. The van der Waals surface area contributed by atoms with Crippen LogP contribution in [-0.4, -0.2) is 35.2 Å². The molecule has 48 heavy (non-hydrogen) atoms. The second-order valence-corrected chi connectivity index (χ2v) is 11.3. The fourth-order valence-corrected chi connectivity index (χ4v) is 7.12. The number of phenolic OH excluding ortho intramolecular Hbond substituents is 1. The molecule has 0 atom stereocenters. The van der Waals surface area contributed by atoms with Crippen LogP contribution in [0.1, 0.15) is 41.4 Å². The molecule has 0 aliphatic carbocycles. The SMILES string of the molecule is O=COc1cccc(N2C(=O)c3ccc4c5ccc6c7c(ccc(c8ccc(c3c48)C2=O)c75)C(=O)N(c2cccc(O)c2)C6=O)c1.[O]=[Zn]. The van der Waals surface area contributed by atoms with Crippen molar-refractivity contribution in [1.29, 1.82) is 0 Å². The molecule has 7 aromatic carbocycles. The van der Waals surface area contributed by atoms with Gasteiger partial charge < -0.3 is 9.84 Å². The Hall–Kier alpha value is -6.19. The van der Waals surface area contributed by atoms with Crippen molar-refractivity contribution in [2.45, 2.75) is 0 Å². The predicted octanol–water partition coefficient (Wildman–Crippen LogP) is 6.46. The molecule has 1 N–H and O–H groups in total. The number of phenols is 1. The minimum atomic E-state index is -0.510. The molecule has 4 amide bonds. The van der Waals surface area contributed by atoms with Crippen LogP contribution in [0.15, 0.2) is 97.1 Å². The van der Waals surface area contributed by atoms with Gasteiger partial charge in [0.1, 0.15) is 11.5 Å². The van der Waals surface area contributed by atoms with Crippen LogP contribution in [0.2, 0.25) is 0 Å². The van der Waals surface area contributed by atoms with Crippen LogP contribution in [0, 0.1) is 0 Å². The van der Waals surface area contributed by atoms with Crippen molar-refractivity contribution >= 4 is 84.6 Å². The van der Waals surface area contributed by atoms with E-state index in [4.69, 9.17) is 8.31 Å². The molecular weight excluding hydrogens is 666 g/mol. The second-order valence-electron chi connectivity index (χ2n) is 11.3. The number of hydrogen-bond donors (Lipinski definition) is 1. The van der Waals surface area contributed by atoms with E-state index in [9.17, 15) is 29.1 Å². The summed E-state index contributed by atoms with van der Waals surface area (Å²) in [5.74, 6) is -1.88. The van der Waals surface area contributed by atoms with E-state index in [0.717, 1.165) is 42.1 Å². The van der Waals surface area contributed by atoms with Gasteiger partial charge in [0.25, 0.3) is 30.1 Å². The number of imide groups is 2. The Morgan fingerprint density at radius 2 is 0.917 bits per heavy atom. The van der Waals surface area contributed by atoms with Gasteiger partial charge in [0, 0.05) is 45.2 Å². The zero-order valence-electron chi connectivity index (χ0n) is 24.7. The van der Waals surface area contributed by atoms with Gasteiger partial charge in [-0.2, -0.15) is 0 Å². The van der Waals surface area contributed by atoms with Gasteiger partial charge in [0.2, 0.25) is 0 Å². The van der Waals surface area contributed by atoms with Gasteiger partial charge in [-0.1, -0.05) is 36.4 Å². The molecule has 2 aliphatic rings. The summed E-state index contributed by atoms with van der Waals surface area (Å²) < 4.78 is 13.3. The molecule has 0 spiro atoms. The van der Waals surface area contributed by atoms with Crippen molar-refractivity contribution in [3.63, 3.8) is 0 Å². The number of carbonyl (C=O) groups is 5. The van der Waals surface area contributed by atoms with E-state index in [1.807, 2.05) is 24.3 Å². The first-order valence-corrected chi connectivity index (χ1v) is 15.8. The number of anilines is 2. The fourth-order valence-electron chi connectivity index (χ4n) is 7.12. The average molecular weight is 684 g/mol. The van der Waals surface area contributed by atoms with Gasteiger partial charge >= 0.3 is 21.8 Å². The van der Waals surface area contributed by atoms with Crippen molar-refractivity contribution in [3.05, 3.63) is 119 Å². The number of hydrogen-bond acceptors (Lipinski definition) is 8. The van der Waals surface area contributed by atoms with E-state index in [0.29, 0.717) is 33.0 Å². The van der Waals surface area contributed by atoms with E-state index in [2.05, 4.69) is 0 Å². The van der Waals surface area contributed by atoms with Crippen molar-refractivity contribution in [3.8, 4) is 11.5 Å². The topological polar surface area (TPSA) is 138 Å². The fraction of sp³-hybridized carbons (Fsp3) is 0. The summed E-state index contributed by atoms with van der Waals surface area (Å²) >= 11 is 0.125. The molecule has 0 saturated carbocycles. The standard InChI is InChI=1S/C37H18N2O7.O.Zn/c40-17-46-21-6-2-4-19(16-21)39-36(44)28-13-9-24-22-7-11-26-32-27(35(43)38(34(26)42)18-3-1-5-20(41)15-18)12-8-23(30(22)32)25-10-14-29(37(39)45)33(28)31(24)25;;/h1-17,41H;;. The van der Waals surface area contributed by atoms with Crippen LogP contribution < -0.4 is 14.5 Å². The number of ether oxygens (including phenoxy) is 1. The molecule has 10 nitrogen and oxygen atoms in total. The molecule has 0 unspecified atom stereocenters. The van der Waals surface area contributed by atoms with Crippen LogP contribution in [0.25, 0.3) is 43.1 Å². The van der Waals surface area contributed by atoms with Crippen LogP contribution >= 0.6 is 0 Å². The quantitative estimate of drug-likeness (QED) is 0.0734. The van der Waals surface area contributed by atoms with E-state index in [1.165, 1.54) is 18.2 Å². The maximum absolute atomic E-state index is 13.9. The Morgan fingerprint density at radius 3 is 1.31 bits per heavy atom. The second kappa shape index (κ2) is 10.7.